The van der Waals surface area contributed by atoms with E-state index >= 15 is 0 Å². The molecule has 62 valence electrons. The third-order valence-corrected chi connectivity index (χ3v) is 0.784. The molecule has 4 nitrogen and oxygen atoms in total. The van der Waals surface area contributed by atoms with Crippen LogP contribution in [0.5, 0.6) is 0 Å². The highest BCUT2D eigenvalue weighted by atomic mass is 16.5. The normalized spacial score (nSPS) is 10.7. The third-order valence-electron chi connectivity index (χ3n) is 0.784. The first-order valence-electron chi connectivity index (χ1n) is 3.38. The minimum absolute atomic E-state index is 0.352. The van der Waals surface area contributed by atoms with E-state index in [9.17, 15) is 4.79 Å². The quantitative estimate of drug-likeness (QED) is 0.494. The average molecular weight is 156 g/mol. The van der Waals surface area contributed by atoms with Crippen molar-refractivity contribution in [2.75, 3.05) is 6.61 Å². The van der Waals surface area contributed by atoms with E-state index in [2.05, 4.69) is 15.3 Å². The van der Waals surface area contributed by atoms with Crippen molar-refractivity contribution in [1.29, 1.82) is 0 Å². The summed E-state index contributed by atoms with van der Waals surface area (Å²) in [5, 5.41) is 3.54. The van der Waals surface area contributed by atoms with Gasteiger partial charge < -0.3 is 4.74 Å². The molecule has 4 heteroatoms. The first-order chi connectivity index (χ1) is 5.31. The third kappa shape index (κ3) is 6.57. The van der Waals surface area contributed by atoms with E-state index in [1.54, 1.807) is 19.1 Å². The highest BCUT2D eigenvalue weighted by Crippen LogP contribution is 1.74. The van der Waals surface area contributed by atoms with Crippen LogP contribution in [0.2, 0.25) is 0 Å². The Kier molecular flexibility index (Phi) is 5.98. The lowest BCUT2D eigenvalue weighted by Crippen LogP contribution is -2.18. The molecule has 0 aromatic rings. The Morgan fingerprint density at radius 1 is 1.73 bits per heavy atom. The van der Waals surface area contributed by atoms with Crippen molar-refractivity contribution < 1.29 is 9.53 Å². The minimum atomic E-state index is -0.534. The maximum absolute atomic E-state index is 10.5. The van der Waals surface area contributed by atoms with Crippen molar-refractivity contribution in [3.8, 4) is 0 Å². The number of hydrogen-bond acceptors (Lipinski definition) is 3. The fourth-order valence-corrected chi connectivity index (χ4v) is 0.382. The topological polar surface area (TPSA) is 50.7 Å². The van der Waals surface area contributed by atoms with E-state index in [-0.39, 0.29) is 0 Å². The lowest BCUT2D eigenvalue weighted by Gasteiger charge is -1.96. The van der Waals surface area contributed by atoms with Gasteiger partial charge in [-0.2, -0.15) is 5.10 Å². The van der Waals surface area contributed by atoms with E-state index < -0.39 is 6.09 Å². The second-order valence-corrected chi connectivity index (χ2v) is 1.64. The Balaban J connectivity index is 3.44. The van der Waals surface area contributed by atoms with Gasteiger partial charge in [0.25, 0.3) is 0 Å². The van der Waals surface area contributed by atoms with Crippen LogP contribution < -0.4 is 5.43 Å². The van der Waals surface area contributed by atoms with Crippen molar-refractivity contribution >= 4 is 12.3 Å². The number of carbonyl (C=O) groups is 1. The molecule has 0 atom stereocenters. The largest absolute Gasteiger partial charge is 0.449 e. The number of rotatable bonds is 3. The maximum atomic E-state index is 10.5. The van der Waals surface area contributed by atoms with Crippen molar-refractivity contribution in [1.82, 2.24) is 5.43 Å². The molecule has 1 N–H and O–H groups in total. The smallest absolute Gasteiger partial charge is 0.427 e. The SMILES string of the molecule is C/C=C/C=N/NC(=O)OCC. The molecule has 0 saturated carbocycles. The average Bonchev–Trinajstić information content (AvgIpc) is 1.99. The molecule has 0 aliphatic heterocycles. The monoisotopic (exact) mass is 156 g/mol. The molecule has 0 bridgehead atoms. The molecule has 0 fully saturated rings. The zero-order valence-corrected chi connectivity index (χ0v) is 6.70. The summed E-state index contributed by atoms with van der Waals surface area (Å²) in [6, 6.07) is 0. The van der Waals surface area contributed by atoms with Gasteiger partial charge in [-0.3, -0.25) is 0 Å². The predicted molar refractivity (Wildman–Crippen MR) is 43.5 cm³/mol. The van der Waals surface area contributed by atoms with Crippen LogP contribution in [-0.4, -0.2) is 18.9 Å². The van der Waals surface area contributed by atoms with Crippen LogP contribution in [0.3, 0.4) is 0 Å². The summed E-state index contributed by atoms with van der Waals surface area (Å²) < 4.78 is 4.53. The van der Waals surface area contributed by atoms with Crippen molar-refractivity contribution in [2.24, 2.45) is 5.10 Å². The Labute approximate surface area is 65.9 Å². The van der Waals surface area contributed by atoms with E-state index in [0.29, 0.717) is 6.61 Å². The second-order valence-electron chi connectivity index (χ2n) is 1.64. The fourth-order valence-electron chi connectivity index (χ4n) is 0.382. The Hall–Kier alpha value is -1.32. The molecule has 0 aromatic carbocycles. The zero-order chi connectivity index (χ0) is 8.53. The number of nitrogens with one attached hydrogen (secondary N) is 1. The molecule has 0 aromatic heterocycles. The summed E-state index contributed by atoms with van der Waals surface area (Å²) in [5.74, 6) is 0. The highest BCUT2D eigenvalue weighted by Gasteiger charge is 1.93. The Morgan fingerprint density at radius 2 is 2.45 bits per heavy atom. The molecule has 0 rings (SSSR count). The molecule has 0 heterocycles. The number of ether oxygens (including phenoxy) is 1. The van der Waals surface area contributed by atoms with E-state index in [0.717, 1.165) is 0 Å². The molecule has 1 amide bonds. The van der Waals surface area contributed by atoms with Gasteiger partial charge in [-0.25, -0.2) is 10.2 Å². The van der Waals surface area contributed by atoms with Crippen molar-refractivity contribution in [2.45, 2.75) is 13.8 Å². The Morgan fingerprint density at radius 3 is 3.00 bits per heavy atom. The van der Waals surface area contributed by atoms with Crippen molar-refractivity contribution in [3.05, 3.63) is 12.2 Å². The number of hydrazone groups is 1. The number of carbonyl (C=O) groups excluding carboxylic acids is 1. The van der Waals surface area contributed by atoms with Gasteiger partial charge in [0.15, 0.2) is 0 Å². The van der Waals surface area contributed by atoms with Gasteiger partial charge in [0.2, 0.25) is 0 Å². The minimum Gasteiger partial charge on any atom is -0.449 e. The van der Waals surface area contributed by atoms with E-state index in [1.807, 2.05) is 6.92 Å². The number of amides is 1. The van der Waals surface area contributed by atoms with E-state index in [4.69, 9.17) is 0 Å². The van der Waals surface area contributed by atoms with Gasteiger partial charge in [-0.05, 0) is 19.9 Å². The van der Waals surface area contributed by atoms with Crippen LogP contribution in [0.1, 0.15) is 13.8 Å². The van der Waals surface area contributed by atoms with Crippen LogP contribution in [0.25, 0.3) is 0 Å². The fraction of sp³-hybridized carbons (Fsp3) is 0.429. The van der Waals surface area contributed by atoms with Gasteiger partial charge in [0.05, 0.1) is 6.61 Å². The molecule has 0 radical (unpaired) electrons. The van der Waals surface area contributed by atoms with Crippen LogP contribution in [0.4, 0.5) is 4.79 Å². The molecular weight excluding hydrogens is 144 g/mol. The van der Waals surface area contributed by atoms with E-state index in [1.165, 1.54) is 6.21 Å². The van der Waals surface area contributed by atoms with Gasteiger partial charge in [0.1, 0.15) is 0 Å². The van der Waals surface area contributed by atoms with Gasteiger partial charge in [-0.15, -0.1) is 0 Å². The second kappa shape index (κ2) is 6.80. The summed E-state index contributed by atoms with van der Waals surface area (Å²) >= 11 is 0. The first kappa shape index (κ1) is 9.68. The number of allylic oxidation sites excluding steroid dienone is 2. The van der Waals surface area contributed by atoms with Crippen molar-refractivity contribution in [3.63, 3.8) is 0 Å². The molecular formula is C7H12N2O2. The molecule has 0 aliphatic carbocycles. The molecule has 0 spiro atoms. The summed E-state index contributed by atoms with van der Waals surface area (Å²) in [4.78, 5) is 10.5. The zero-order valence-electron chi connectivity index (χ0n) is 6.70. The van der Waals surface area contributed by atoms with Crippen LogP contribution in [-0.2, 0) is 4.74 Å². The van der Waals surface area contributed by atoms with Gasteiger partial charge in [0, 0.05) is 6.21 Å². The first-order valence-corrected chi connectivity index (χ1v) is 3.38. The lowest BCUT2D eigenvalue weighted by molar-refractivity contribution is 0.152. The molecule has 0 unspecified atom stereocenters. The summed E-state index contributed by atoms with van der Waals surface area (Å²) in [5.41, 5.74) is 2.18. The summed E-state index contributed by atoms with van der Waals surface area (Å²) in [6.45, 7) is 3.94. The molecule has 0 aliphatic rings. The standard InChI is InChI=1S/C7H12N2O2/c1-3-5-6-8-9-7(10)11-4-2/h3,5-6H,4H2,1-2H3,(H,9,10)/b5-3+,8-6+. The maximum Gasteiger partial charge on any atom is 0.427 e. The molecule has 11 heavy (non-hydrogen) atoms. The molecule has 0 saturated heterocycles. The van der Waals surface area contributed by atoms with Gasteiger partial charge in [-0.1, -0.05) is 6.08 Å². The highest BCUT2D eigenvalue weighted by molar-refractivity contribution is 5.73. The predicted octanol–water partition coefficient (Wildman–Crippen LogP) is 1.29. The van der Waals surface area contributed by atoms with Gasteiger partial charge >= 0.3 is 6.09 Å². The summed E-state index contributed by atoms with van der Waals surface area (Å²) in [7, 11) is 0. The van der Waals surface area contributed by atoms with Crippen LogP contribution >= 0.6 is 0 Å². The summed E-state index contributed by atoms with van der Waals surface area (Å²) in [6.07, 6.45) is 4.44. The van der Waals surface area contributed by atoms with Crippen LogP contribution in [0, 0.1) is 0 Å². The number of nitrogens with zero attached hydrogens (tertiary/aromatic N) is 1. The Bertz CT molecular complexity index is 164. The number of hydrogen-bond donors (Lipinski definition) is 1. The van der Waals surface area contributed by atoms with Crippen LogP contribution in [0.15, 0.2) is 17.3 Å². The lowest BCUT2D eigenvalue weighted by atomic mass is 10.6.